The van der Waals surface area contributed by atoms with E-state index in [0.29, 0.717) is 0 Å². The van der Waals surface area contributed by atoms with E-state index in [9.17, 15) is 39.5 Å². The predicted octanol–water partition coefficient (Wildman–Crippen LogP) is 5.25. The molecule has 0 nitrogen and oxygen atoms in total. The molecule has 0 heterocycles. The number of rotatable bonds is 5. The molecule has 19 heavy (non-hydrogen) atoms. The van der Waals surface area contributed by atoms with Gasteiger partial charge in [-0.2, -0.15) is 30.7 Å². The molecule has 0 amide bonds. The average molecular weight is 361 g/mol. The van der Waals surface area contributed by atoms with E-state index in [1.807, 2.05) is 0 Å². The molecule has 116 valence electrons. The largest absolute Gasteiger partial charge is 0.451 e. The lowest BCUT2D eigenvalue weighted by molar-refractivity contribution is -0.287. The molecule has 0 N–H and O–H groups in total. The van der Waals surface area contributed by atoms with Gasteiger partial charge in [-0.15, -0.1) is 22.2 Å². The number of alkyl halides is 9. The minimum Gasteiger partial charge on any atom is -0.201 e. The van der Waals surface area contributed by atoms with Crippen molar-refractivity contribution in [3.63, 3.8) is 0 Å². The SMILES string of the molecule is CCCC(F)(F)C(F)(F)C(F)(F)[Si](Cl)(Cl)C(F)(F)F. The number of hydrogen-bond acceptors (Lipinski definition) is 0. The smallest absolute Gasteiger partial charge is 0.201 e. The van der Waals surface area contributed by atoms with Gasteiger partial charge in [0.15, 0.2) is 0 Å². The maximum Gasteiger partial charge on any atom is 0.451 e. The summed E-state index contributed by atoms with van der Waals surface area (Å²) < 4.78 is 115. The van der Waals surface area contributed by atoms with E-state index in [1.54, 1.807) is 0 Å². The van der Waals surface area contributed by atoms with Crippen LogP contribution in [0.1, 0.15) is 19.8 Å². The van der Waals surface area contributed by atoms with Gasteiger partial charge in [0.25, 0.3) is 0 Å². The summed E-state index contributed by atoms with van der Waals surface area (Å²) in [5, 5.41) is 0. The van der Waals surface area contributed by atoms with E-state index >= 15 is 0 Å². The second kappa shape index (κ2) is 5.17. The summed E-state index contributed by atoms with van der Waals surface area (Å²) in [7, 11) is 0. The Hall–Kier alpha value is 0.167. The highest BCUT2D eigenvalue weighted by Crippen LogP contribution is 2.57. The van der Waals surface area contributed by atoms with Crippen molar-refractivity contribution in [2.24, 2.45) is 0 Å². The Balaban J connectivity index is 5.77. The molecular formula is C7H7Cl2F9Si. The fourth-order valence-corrected chi connectivity index (χ4v) is 2.72. The third kappa shape index (κ3) is 2.94. The Morgan fingerprint density at radius 1 is 0.842 bits per heavy atom. The van der Waals surface area contributed by atoms with Gasteiger partial charge in [-0.1, -0.05) is 13.3 Å². The van der Waals surface area contributed by atoms with Crippen LogP contribution in [0.5, 0.6) is 0 Å². The van der Waals surface area contributed by atoms with Crippen molar-refractivity contribution in [3.8, 4) is 0 Å². The zero-order chi connectivity index (χ0) is 15.9. The first-order valence-electron chi connectivity index (χ1n) is 4.64. The molecule has 0 aliphatic heterocycles. The van der Waals surface area contributed by atoms with Crippen LogP contribution in [0, 0.1) is 0 Å². The highest BCUT2D eigenvalue weighted by atomic mass is 35.7. The third-order valence-corrected chi connectivity index (χ3v) is 6.69. The minimum absolute atomic E-state index is 0.649. The molecule has 0 saturated carbocycles. The van der Waals surface area contributed by atoms with E-state index in [1.165, 1.54) is 0 Å². The molecule has 0 saturated heterocycles. The van der Waals surface area contributed by atoms with Crippen molar-refractivity contribution in [1.29, 1.82) is 0 Å². The highest BCUT2D eigenvalue weighted by Gasteiger charge is 2.85. The van der Waals surface area contributed by atoms with Crippen molar-refractivity contribution in [3.05, 3.63) is 0 Å². The molecule has 0 unspecified atom stereocenters. The number of hydrogen-bond donors (Lipinski definition) is 0. The summed E-state index contributed by atoms with van der Waals surface area (Å²) in [5.74, 6) is -17.8. The van der Waals surface area contributed by atoms with Gasteiger partial charge in [-0.05, 0) is 0 Å². The molecule has 0 aromatic rings. The zero-order valence-electron chi connectivity index (χ0n) is 9.07. The first kappa shape index (κ1) is 19.2. The van der Waals surface area contributed by atoms with E-state index < -0.39 is 42.7 Å². The van der Waals surface area contributed by atoms with Gasteiger partial charge in [0.1, 0.15) is 0 Å². The molecule has 0 aliphatic rings. The van der Waals surface area contributed by atoms with Gasteiger partial charge in [-0.3, -0.25) is 0 Å². The molecule has 0 fully saturated rings. The third-order valence-electron chi connectivity index (χ3n) is 2.17. The summed E-state index contributed by atoms with van der Waals surface area (Å²) in [6, 6.07) is 0. The summed E-state index contributed by atoms with van der Waals surface area (Å²) in [6.07, 6.45) is -2.38. The summed E-state index contributed by atoms with van der Waals surface area (Å²) in [6.45, 7) is -6.06. The van der Waals surface area contributed by atoms with E-state index in [4.69, 9.17) is 0 Å². The van der Waals surface area contributed by atoms with Gasteiger partial charge in [-0.25, -0.2) is 8.78 Å². The second-order valence-electron chi connectivity index (χ2n) is 3.68. The Bertz CT molecular complexity index is 325. The molecule has 0 aromatic heterocycles. The quantitative estimate of drug-likeness (QED) is 0.356. The van der Waals surface area contributed by atoms with Crippen LogP contribution in [0.4, 0.5) is 39.5 Å². The van der Waals surface area contributed by atoms with Crippen LogP contribution in [-0.2, 0) is 0 Å². The Kier molecular flexibility index (Phi) is 5.22. The predicted molar refractivity (Wildman–Crippen MR) is 53.3 cm³/mol. The van der Waals surface area contributed by atoms with Crippen LogP contribution in [-0.4, -0.2) is 29.9 Å². The molecule has 0 rings (SSSR count). The van der Waals surface area contributed by atoms with Crippen molar-refractivity contribution >= 4 is 28.9 Å². The Morgan fingerprint density at radius 2 is 1.21 bits per heavy atom. The Labute approximate surface area is 112 Å². The van der Waals surface area contributed by atoms with Gasteiger partial charge >= 0.3 is 29.9 Å². The van der Waals surface area contributed by atoms with Gasteiger partial charge in [0.05, 0.1) is 0 Å². The highest BCUT2D eigenvalue weighted by molar-refractivity contribution is 7.47. The summed E-state index contributed by atoms with van der Waals surface area (Å²) in [5.41, 5.74) is -6.28. The molecule has 0 spiro atoms. The summed E-state index contributed by atoms with van der Waals surface area (Å²) >= 11 is 8.62. The van der Waals surface area contributed by atoms with Crippen molar-refractivity contribution in [1.82, 2.24) is 0 Å². The minimum atomic E-state index is -7.03. The first-order valence-corrected chi connectivity index (χ1v) is 8.66. The van der Waals surface area contributed by atoms with Crippen molar-refractivity contribution < 1.29 is 39.5 Å². The normalized spacial score (nSPS) is 15.8. The fourth-order valence-electron chi connectivity index (χ4n) is 1.08. The van der Waals surface area contributed by atoms with E-state index in [-0.39, 0.29) is 0 Å². The second-order valence-corrected chi connectivity index (χ2v) is 10.0. The Morgan fingerprint density at radius 3 is 1.47 bits per heavy atom. The van der Waals surface area contributed by atoms with Crippen molar-refractivity contribution in [2.45, 2.75) is 43.0 Å². The monoisotopic (exact) mass is 360 g/mol. The van der Waals surface area contributed by atoms with Crippen LogP contribution in [0.25, 0.3) is 0 Å². The van der Waals surface area contributed by atoms with E-state index in [2.05, 4.69) is 22.2 Å². The van der Waals surface area contributed by atoms with Gasteiger partial charge < -0.3 is 0 Å². The zero-order valence-corrected chi connectivity index (χ0v) is 11.6. The topological polar surface area (TPSA) is 0 Å². The van der Waals surface area contributed by atoms with Crippen LogP contribution in [0.15, 0.2) is 0 Å². The lowest BCUT2D eigenvalue weighted by Crippen LogP contribution is -2.68. The maximum absolute atomic E-state index is 13.1. The van der Waals surface area contributed by atoms with Gasteiger partial charge in [0.2, 0.25) is 0 Å². The lowest BCUT2D eigenvalue weighted by Gasteiger charge is -2.37. The van der Waals surface area contributed by atoms with E-state index in [0.717, 1.165) is 6.92 Å². The average Bonchev–Trinajstić information content (AvgIpc) is 2.14. The molecule has 0 radical (unpaired) electrons. The molecule has 12 heteroatoms. The molecule has 0 aromatic carbocycles. The van der Waals surface area contributed by atoms with Crippen LogP contribution < -0.4 is 0 Å². The number of halogens is 11. The molecule has 0 aliphatic carbocycles. The molecule has 0 bridgehead atoms. The van der Waals surface area contributed by atoms with Crippen LogP contribution in [0.3, 0.4) is 0 Å². The lowest BCUT2D eigenvalue weighted by atomic mass is 10.1. The maximum atomic E-state index is 13.1. The van der Waals surface area contributed by atoms with Crippen molar-refractivity contribution in [2.75, 3.05) is 0 Å². The van der Waals surface area contributed by atoms with Crippen LogP contribution in [0.2, 0.25) is 0 Å². The standard InChI is InChI=1S/C7H7Cl2F9Si/c1-2-3-4(10,11)5(12,13)6(14,15)19(8,9)7(16,17)18/h2-3H2,1H3. The molecular weight excluding hydrogens is 354 g/mol. The van der Waals surface area contributed by atoms with Crippen LogP contribution >= 0.6 is 22.2 Å². The van der Waals surface area contributed by atoms with Gasteiger partial charge in [0, 0.05) is 6.42 Å². The fraction of sp³-hybridized carbons (Fsp3) is 1.00. The molecule has 0 atom stereocenters. The first-order chi connectivity index (χ1) is 8.06. The summed E-state index contributed by atoms with van der Waals surface area (Å²) in [4.78, 5) is 0.